The average Bonchev–Trinajstić information content (AvgIpc) is 2.70. The highest BCUT2D eigenvalue weighted by atomic mass is 127. The number of carbonyl (C=O) groups excluding carboxylic acids is 1. The van der Waals surface area contributed by atoms with Gasteiger partial charge in [-0.15, -0.1) is 24.0 Å². The van der Waals surface area contributed by atoms with Crippen LogP contribution in [-0.4, -0.2) is 93.9 Å². The fraction of sp³-hybridized carbons (Fsp3) is 0.900. The van der Waals surface area contributed by atoms with E-state index >= 15 is 0 Å². The van der Waals surface area contributed by atoms with E-state index in [0.29, 0.717) is 38.1 Å². The minimum Gasteiger partial charge on any atom is -0.376 e. The van der Waals surface area contributed by atoms with Crippen LogP contribution in [0.15, 0.2) is 4.99 Å². The summed E-state index contributed by atoms with van der Waals surface area (Å²) in [6.45, 7) is 2.29. The molecule has 7 nitrogen and oxygen atoms in total. The van der Waals surface area contributed by atoms with Crippen molar-refractivity contribution in [2.45, 2.75) is 50.8 Å². The molecule has 0 aromatic heterocycles. The van der Waals surface area contributed by atoms with E-state index in [0.717, 1.165) is 45.1 Å². The zero-order chi connectivity index (χ0) is 22.0. The summed E-state index contributed by atoms with van der Waals surface area (Å²) in [7, 11) is 3.39. The highest BCUT2D eigenvalue weighted by molar-refractivity contribution is 14.0. The predicted molar refractivity (Wildman–Crippen MR) is 126 cm³/mol. The normalized spacial score (nSPS) is 21.3. The van der Waals surface area contributed by atoms with Gasteiger partial charge in [0.2, 0.25) is 5.91 Å². The number of nitrogens with zero attached hydrogens (tertiary/aromatic N) is 3. The number of nitrogens with one attached hydrogen (secondary N) is 2. The molecule has 2 N–H and O–H groups in total. The Balaban J connectivity index is 0.00000480. The molecule has 1 amide bonds. The van der Waals surface area contributed by atoms with Gasteiger partial charge < -0.3 is 20.3 Å². The van der Waals surface area contributed by atoms with Gasteiger partial charge in [0.15, 0.2) is 5.96 Å². The lowest BCUT2D eigenvalue weighted by Gasteiger charge is -2.32. The summed E-state index contributed by atoms with van der Waals surface area (Å²) in [6, 6.07) is 0. The van der Waals surface area contributed by atoms with E-state index in [-0.39, 0.29) is 42.5 Å². The minimum atomic E-state index is -4.13. The summed E-state index contributed by atoms with van der Waals surface area (Å²) in [6.07, 6.45) is 1.67. The molecule has 2 heterocycles. The van der Waals surface area contributed by atoms with Gasteiger partial charge in [0, 0.05) is 33.8 Å². The van der Waals surface area contributed by atoms with E-state index in [1.807, 2.05) is 0 Å². The molecule has 11 heteroatoms. The molecule has 0 saturated carbocycles. The first kappa shape index (κ1) is 28.2. The Bertz CT molecular complexity index is 549. The summed E-state index contributed by atoms with van der Waals surface area (Å²) in [4.78, 5) is 19.2. The Morgan fingerprint density at radius 2 is 1.87 bits per heavy atom. The molecule has 0 radical (unpaired) electrons. The molecule has 2 aliphatic heterocycles. The molecule has 1 unspecified atom stereocenters. The molecule has 2 fully saturated rings. The van der Waals surface area contributed by atoms with Gasteiger partial charge in [0.1, 0.15) is 6.54 Å². The van der Waals surface area contributed by atoms with Crippen molar-refractivity contribution in [1.29, 1.82) is 0 Å². The van der Waals surface area contributed by atoms with Crippen molar-refractivity contribution in [2.24, 2.45) is 10.9 Å². The lowest BCUT2D eigenvalue weighted by Crippen LogP contribution is -2.44. The van der Waals surface area contributed by atoms with Crippen LogP contribution in [0, 0.1) is 5.92 Å². The highest BCUT2D eigenvalue weighted by Crippen LogP contribution is 2.24. The molecule has 2 aliphatic rings. The monoisotopic (exact) mass is 563 g/mol. The maximum Gasteiger partial charge on any atom is 0.401 e. The topological polar surface area (TPSA) is 69.2 Å². The van der Waals surface area contributed by atoms with Crippen LogP contribution < -0.4 is 10.6 Å². The van der Waals surface area contributed by atoms with E-state index in [1.54, 1.807) is 14.1 Å². The third kappa shape index (κ3) is 12.1. The van der Waals surface area contributed by atoms with E-state index in [4.69, 9.17) is 4.74 Å². The summed E-state index contributed by atoms with van der Waals surface area (Å²) in [5, 5.41) is 6.53. The number of piperidine rings is 1. The van der Waals surface area contributed by atoms with Crippen molar-refractivity contribution in [3.63, 3.8) is 0 Å². The number of alkyl halides is 3. The lowest BCUT2D eigenvalue weighted by atomic mass is 9.93. The van der Waals surface area contributed by atoms with Crippen LogP contribution >= 0.6 is 24.0 Å². The van der Waals surface area contributed by atoms with Crippen molar-refractivity contribution in [3.05, 3.63) is 0 Å². The first-order chi connectivity index (χ1) is 14.2. The van der Waals surface area contributed by atoms with Gasteiger partial charge in [0.05, 0.1) is 12.6 Å². The molecule has 182 valence electrons. The zero-order valence-electron chi connectivity index (χ0n) is 18.5. The first-order valence-corrected chi connectivity index (χ1v) is 10.9. The van der Waals surface area contributed by atoms with E-state index in [2.05, 4.69) is 15.6 Å². The molecule has 0 aromatic carbocycles. The Morgan fingerprint density at radius 3 is 2.45 bits per heavy atom. The Kier molecular flexibility index (Phi) is 13.1. The van der Waals surface area contributed by atoms with Gasteiger partial charge in [-0.1, -0.05) is 0 Å². The molecular weight excluding hydrogens is 526 g/mol. The number of amides is 1. The molecule has 2 saturated heterocycles. The summed E-state index contributed by atoms with van der Waals surface area (Å²) < 4.78 is 43.3. The number of likely N-dealkylation sites (tertiary alicyclic amines) is 1. The number of likely N-dealkylation sites (N-methyl/N-ethyl adjacent to an activating group) is 1. The molecule has 0 aromatic rings. The number of rotatable bonds is 8. The van der Waals surface area contributed by atoms with E-state index in [9.17, 15) is 18.0 Å². The van der Waals surface area contributed by atoms with Crippen LogP contribution in [0.1, 0.15) is 38.5 Å². The van der Waals surface area contributed by atoms with E-state index < -0.39 is 12.7 Å². The molecule has 2 rings (SSSR count). The third-order valence-corrected chi connectivity index (χ3v) is 5.60. The van der Waals surface area contributed by atoms with E-state index in [1.165, 1.54) is 9.80 Å². The van der Waals surface area contributed by atoms with Crippen molar-refractivity contribution in [3.8, 4) is 0 Å². The smallest absolute Gasteiger partial charge is 0.376 e. The summed E-state index contributed by atoms with van der Waals surface area (Å²) in [5.74, 6) is 0.893. The molecule has 0 bridgehead atoms. The predicted octanol–water partition coefficient (Wildman–Crippen LogP) is 2.46. The van der Waals surface area contributed by atoms with Crippen LogP contribution in [0.5, 0.6) is 0 Å². The molecule has 0 spiro atoms. The molecular formula is C20H37F3IN5O2. The Labute approximate surface area is 200 Å². The molecule has 1 atom stereocenters. The van der Waals surface area contributed by atoms with Gasteiger partial charge in [-0.2, -0.15) is 13.2 Å². The molecule has 0 aliphatic carbocycles. The van der Waals surface area contributed by atoms with Crippen molar-refractivity contribution >= 4 is 35.8 Å². The number of guanidine groups is 1. The second-order valence-corrected chi connectivity index (χ2v) is 8.37. The Morgan fingerprint density at radius 1 is 1.16 bits per heavy atom. The number of aliphatic imine (C=N–C) groups is 1. The quantitative estimate of drug-likeness (QED) is 0.270. The Hall–Kier alpha value is -0.820. The second kappa shape index (κ2) is 14.4. The average molecular weight is 563 g/mol. The fourth-order valence-electron chi connectivity index (χ4n) is 3.72. The number of carbonyl (C=O) groups is 1. The minimum absolute atomic E-state index is 0. The third-order valence-electron chi connectivity index (χ3n) is 5.60. The zero-order valence-corrected chi connectivity index (χ0v) is 20.9. The number of ether oxygens (including phenoxy) is 1. The van der Waals surface area contributed by atoms with Crippen LogP contribution in [0.25, 0.3) is 0 Å². The molecule has 31 heavy (non-hydrogen) atoms. The van der Waals surface area contributed by atoms with Crippen molar-refractivity contribution < 1.29 is 22.7 Å². The second-order valence-electron chi connectivity index (χ2n) is 8.37. The van der Waals surface area contributed by atoms with Crippen molar-refractivity contribution in [2.75, 3.05) is 60.0 Å². The largest absolute Gasteiger partial charge is 0.401 e. The van der Waals surface area contributed by atoms with Gasteiger partial charge in [-0.3, -0.25) is 9.69 Å². The summed E-state index contributed by atoms with van der Waals surface area (Å²) >= 11 is 0. The highest BCUT2D eigenvalue weighted by Gasteiger charge is 2.32. The SMILES string of the molecule is CN(C)C(=O)CN=C(NCCC1CCN(CC(F)(F)F)CC1)NCC1CCCCO1.I. The van der Waals surface area contributed by atoms with Crippen LogP contribution in [0.2, 0.25) is 0 Å². The van der Waals surface area contributed by atoms with Gasteiger partial charge in [0.25, 0.3) is 0 Å². The van der Waals surface area contributed by atoms with Crippen LogP contribution in [0.4, 0.5) is 13.2 Å². The van der Waals surface area contributed by atoms with Gasteiger partial charge in [-0.25, -0.2) is 4.99 Å². The first-order valence-electron chi connectivity index (χ1n) is 10.9. The van der Waals surface area contributed by atoms with Gasteiger partial charge >= 0.3 is 6.18 Å². The number of hydrogen-bond donors (Lipinski definition) is 2. The number of hydrogen-bond acceptors (Lipinski definition) is 4. The fourth-order valence-corrected chi connectivity index (χ4v) is 3.72. The number of halogens is 4. The maximum absolute atomic E-state index is 12.5. The standard InChI is InChI=1S/C20H36F3N5O2.HI/c1-27(2)18(29)14-26-19(25-13-17-5-3-4-12-30-17)24-9-6-16-7-10-28(11-8-16)15-20(21,22)23;/h16-17H,3-15H2,1-2H3,(H2,24,25,26);1H. The van der Waals surface area contributed by atoms with Crippen molar-refractivity contribution in [1.82, 2.24) is 20.4 Å². The lowest BCUT2D eigenvalue weighted by molar-refractivity contribution is -0.148. The van der Waals surface area contributed by atoms with Crippen LogP contribution in [0.3, 0.4) is 0 Å². The van der Waals surface area contributed by atoms with Gasteiger partial charge in [-0.05, 0) is 57.5 Å². The summed E-state index contributed by atoms with van der Waals surface area (Å²) in [5.41, 5.74) is 0. The van der Waals surface area contributed by atoms with Crippen LogP contribution in [-0.2, 0) is 9.53 Å². The maximum atomic E-state index is 12.5.